The Balaban J connectivity index is 0.946. The Hall–Kier alpha value is -7.68. The van der Waals surface area contributed by atoms with Crippen LogP contribution in [0, 0.1) is 0 Å². The minimum atomic E-state index is 0.936. The van der Waals surface area contributed by atoms with Gasteiger partial charge in [-0.15, -0.1) is 0 Å². The lowest BCUT2D eigenvalue weighted by Gasteiger charge is -2.17. The molecule has 0 aliphatic carbocycles. The minimum absolute atomic E-state index is 0.936. The van der Waals surface area contributed by atoms with Gasteiger partial charge in [0, 0.05) is 23.2 Å². The fourth-order valence-corrected chi connectivity index (χ4v) is 9.91. The maximum atomic E-state index is 4.72. The summed E-state index contributed by atoms with van der Waals surface area (Å²) < 4.78 is 0. The average Bonchev–Trinajstić information content (AvgIpc) is 3.29. The van der Waals surface area contributed by atoms with Crippen molar-refractivity contribution in [2.75, 3.05) is 0 Å². The summed E-state index contributed by atoms with van der Waals surface area (Å²) in [6.45, 7) is 0. The van der Waals surface area contributed by atoms with E-state index in [4.69, 9.17) is 4.98 Å². The van der Waals surface area contributed by atoms with Gasteiger partial charge in [-0.2, -0.15) is 0 Å². The molecule has 0 saturated heterocycles. The van der Waals surface area contributed by atoms with Crippen molar-refractivity contribution in [2.24, 2.45) is 0 Å². The van der Waals surface area contributed by atoms with Gasteiger partial charge in [0.05, 0.1) is 11.0 Å². The molecule has 2 nitrogen and oxygen atoms in total. The molecule has 0 atom stereocenters. The van der Waals surface area contributed by atoms with Gasteiger partial charge in [-0.1, -0.05) is 140 Å². The zero-order valence-electron chi connectivity index (χ0n) is 31.4. The van der Waals surface area contributed by atoms with Crippen molar-refractivity contribution in [3.8, 4) is 33.4 Å². The molecule has 266 valence electrons. The fraction of sp³-hybridized carbons (Fsp3) is 0. The van der Waals surface area contributed by atoms with Crippen molar-refractivity contribution >= 4 is 97.2 Å². The third-order valence-corrected chi connectivity index (χ3v) is 12.6. The van der Waals surface area contributed by atoms with Crippen LogP contribution >= 0.6 is 0 Å². The summed E-state index contributed by atoms with van der Waals surface area (Å²) in [5, 5.41) is 20.3. The molecule has 13 rings (SSSR count). The van der Waals surface area contributed by atoms with E-state index >= 15 is 0 Å². The second-order valence-electron chi connectivity index (χ2n) is 15.7. The molecule has 2 heteroatoms. The molecule has 0 fully saturated rings. The predicted octanol–water partition coefficient (Wildman–Crippen LogP) is 15.3. The number of fused-ring (bicyclic) bond motifs is 6. The van der Waals surface area contributed by atoms with E-state index in [0.29, 0.717) is 0 Å². The number of benzene rings is 10. The molecule has 0 unspecified atom stereocenters. The number of hydrogen-bond acceptors (Lipinski definition) is 2. The summed E-state index contributed by atoms with van der Waals surface area (Å²) in [5.41, 5.74) is 9.05. The van der Waals surface area contributed by atoms with E-state index in [1.165, 1.54) is 109 Å². The molecule has 0 radical (unpaired) electrons. The standard InChI is InChI=1S/C56H32N2/c1-6-35-18-19-36-8-3-12-47-50-32-44(30-42-25-20-37-7-2-11-46(52(37)54(42)50)45(10-1)51(35)53(36)47)41-24-23-39-28-38(21-22-40(39)29-41)33-14-16-34(17-15-33)49-31-43-9-4-26-57-55(43)56-48(49)13-5-27-58-56/h1-32H. The topological polar surface area (TPSA) is 25.8 Å². The highest BCUT2D eigenvalue weighted by atomic mass is 14.7. The van der Waals surface area contributed by atoms with Crippen LogP contribution in [0.25, 0.3) is 131 Å². The molecule has 0 aliphatic heterocycles. The van der Waals surface area contributed by atoms with E-state index in [0.717, 1.165) is 21.8 Å². The number of nitrogens with zero attached hydrogens (tertiary/aromatic N) is 2. The van der Waals surface area contributed by atoms with Gasteiger partial charge < -0.3 is 0 Å². The highest BCUT2D eigenvalue weighted by molar-refractivity contribution is 6.37. The summed E-state index contributed by atoms with van der Waals surface area (Å²) in [6, 6.07) is 67.6. The summed E-state index contributed by atoms with van der Waals surface area (Å²) in [7, 11) is 0. The van der Waals surface area contributed by atoms with E-state index in [2.05, 4.69) is 175 Å². The van der Waals surface area contributed by atoms with Crippen LogP contribution < -0.4 is 0 Å². The van der Waals surface area contributed by atoms with Crippen LogP contribution in [-0.4, -0.2) is 9.97 Å². The Kier molecular flexibility index (Phi) is 6.47. The molecule has 0 N–H and O–H groups in total. The third kappa shape index (κ3) is 4.54. The van der Waals surface area contributed by atoms with E-state index in [-0.39, 0.29) is 0 Å². The smallest absolute Gasteiger partial charge is 0.0970 e. The van der Waals surface area contributed by atoms with Crippen molar-refractivity contribution < 1.29 is 0 Å². The maximum absolute atomic E-state index is 4.72. The first-order valence-electron chi connectivity index (χ1n) is 20.0. The zero-order valence-corrected chi connectivity index (χ0v) is 31.4. The second-order valence-corrected chi connectivity index (χ2v) is 15.7. The Morgan fingerprint density at radius 1 is 0.241 bits per heavy atom. The molecule has 2 heterocycles. The van der Waals surface area contributed by atoms with Crippen LogP contribution in [0.5, 0.6) is 0 Å². The Morgan fingerprint density at radius 2 is 0.690 bits per heavy atom. The summed E-state index contributed by atoms with van der Waals surface area (Å²) in [5.74, 6) is 0. The highest BCUT2D eigenvalue weighted by Gasteiger charge is 2.17. The van der Waals surface area contributed by atoms with Crippen LogP contribution in [-0.2, 0) is 0 Å². The fourth-order valence-electron chi connectivity index (χ4n) is 9.91. The number of pyridine rings is 2. The Bertz CT molecular complexity index is 3840. The lowest BCUT2D eigenvalue weighted by atomic mass is 9.86. The van der Waals surface area contributed by atoms with Gasteiger partial charge >= 0.3 is 0 Å². The summed E-state index contributed by atoms with van der Waals surface area (Å²) >= 11 is 0. The van der Waals surface area contributed by atoms with Gasteiger partial charge in [0.1, 0.15) is 0 Å². The first-order valence-corrected chi connectivity index (χ1v) is 20.0. The average molecular weight is 733 g/mol. The maximum Gasteiger partial charge on any atom is 0.0970 e. The molecule has 0 bridgehead atoms. The van der Waals surface area contributed by atoms with Gasteiger partial charge in [0.2, 0.25) is 0 Å². The van der Waals surface area contributed by atoms with Gasteiger partial charge in [-0.05, 0) is 151 Å². The molecule has 13 aromatic rings. The number of rotatable bonds is 3. The van der Waals surface area contributed by atoms with E-state index in [1.54, 1.807) is 0 Å². The molecule has 11 aromatic carbocycles. The number of aromatic nitrogens is 2. The molecule has 0 spiro atoms. The largest absolute Gasteiger partial charge is 0.254 e. The first-order chi connectivity index (χ1) is 28.7. The Labute approximate surface area is 333 Å². The van der Waals surface area contributed by atoms with E-state index in [9.17, 15) is 0 Å². The highest BCUT2D eigenvalue weighted by Crippen LogP contribution is 2.45. The summed E-state index contributed by atoms with van der Waals surface area (Å²) in [6.07, 6.45) is 3.69. The number of hydrogen-bond donors (Lipinski definition) is 0. The lowest BCUT2D eigenvalue weighted by Crippen LogP contribution is -1.89. The first kappa shape index (κ1) is 31.5. The van der Waals surface area contributed by atoms with Crippen molar-refractivity contribution in [3.05, 3.63) is 194 Å². The molecular weight excluding hydrogens is 701 g/mol. The molecule has 0 saturated carbocycles. The second kappa shape index (κ2) is 11.9. The minimum Gasteiger partial charge on any atom is -0.254 e. The van der Waals surface area contributed by atoms with Crippen LogP contribution in [0.4, 0.5) is 0 Å². The monoisotopic (exact) mass is 732 g/mol. The van der Waals surface area contributed by atoms with Crippen LogP contribution in [0.15, 0.2) is 194 Å². The van der Waals surface area contributed by atoms with E-state index in [1.807, 2.05) is 24.5 Å². The SMILES string of the molecule is c1cnc2c(c1)cc(-c1ccc(-c3ccc4cc(-c5cc6ccc7cccc8c9cccc%10ccc%11cccc(c(c5)c6c78)c%11c%109)ccc4c3)cc1)c1cccnc12. The molecular formula is C56H32N2. The van der Waals surface area contributed by atoms with Crippen LogP contribution in [0.2, 0.25) is 0 Å². The molecule has 2 aromatic heterocycles. The third-order valence-electron chi connectivity index (χ3n) is 12.6. The molecule has 0 amide bonds. The van der Waals surface area contributed by atoms with Gasteiger partial charge in [0.25, 0.3) is 0 Å². The Morgan fingerprint density at radius 3 is 1.34 bits per heavy atom. The molecule has 0 aliphatic rings. The summed E-state index contributed by atoms with van der Waals surface area (Å²) in [4.78, 5) is 9.36. The normalized spacial score (nSPS) is 12.1. The van der Waals surface area contributed by atoms with Crippen molar-refractivity contribution in [1.82, 2.24) is 9.97 Å². The van der Waals surface area contributed by atoms with Crippen molar-refractivity contribution in [2.45, 2.75) is 0 Å². The van der Waals surface area contributed by atoms with E-state index < -0.39 is 0 Å². The quantitative estimate of drug-likeness (QED) is 0.169. The van der Waals surface area contributed by atoms with Crippen LogP contribution in [0.1, 0.15) is 0 Å². The predicted molar refractivity (Wildman–Crippen MR) is 247 cm³/mol. The van der Waals surface area contributed by atoms with Gasteiger partial charge in [0.15, 0.2) is 0 Å². The molecule has 58 heavy (non-hydrogen) atoms. The van der Waals surface area contributed by atoms with Gasteiger partial charge in [-0.3, -0.25) is 9.97 Å². The van der Waals surface area contributed by atoms with Gasteiger partial charge in [-0.25, -0.2) is 0 Å². The van der Waals surface area contributed by atoms with Crippen LogP contribution in [0.3, 0.4) is 0 Å². The zero-order chi connectivity index (χ0) is 37.9. The van der Waals surface area contributed by atoms with Crippen molar-refractivity contribution in [1.29, 1.82) is 0 Å². The lowest BCUT2D eigenvalue weighted by molar-refractivity contribution is 1.37. The van der Waals surface area contributed by atoms with Crippen molar-refractivity contribution in [3.63, 3.8) is 0 Å².